The maximum absolute atomic E-state index is 4.21. The molecular formula is C12H18S2. The van der Waals surface area contributed by atoms with E-state index in [-0.39, 0.29) is 0 Å². The normalized spacial score (nSPS) is 10.4. The van der Waals surface area contributed by atoms with Gasteiger partial charge >= 0.3 is 0 Å². The molecule has 0 nitrogen and oxygen atoms in total. The van der Waals surface area contributed by atoms with Crippen LogP contribution < -0.4 is 0 Å². The van der Waals surface area contributed by atoms with Gasteiger partial charge in [0.05, 0.1) is 0 Å². The maximum atomic E-state index is 4.21. The van der Waals surface area contributed by atoms with Crippen LogP contribution in [0.1, 0.15) is 25.3 Å². The highest BCUT2D eigenvalue weighted by Gasteiger charge is 1.94. The first kappa shape index (κ1) is 12.0. The smallest absolute Gasteiger partial charge is 0.00720 e. The Kier molecular flexibility index (Phi) is 6.20. The molecule has 0 aliphatic carbocycles. The highest BCUT2D eigenvalue weighted by atomic mass is 32.2. The molecule has 0 N–H and O–H groups in total. The van der Waals surface area contributed by atoms with Crippen molar-refractivity contribution in [1.29, 1.82) is 0 Å². The van der Waals surface area contributed by atoms with E-state index in [1.807, 2.05) is 11.8 Å². The lowest BCUT2D eigenvalue weighted by molar-refractivity contribution is 0.803. The Hall–Kier alpha value is -0.0800. The number of thiol groups is 1. The van der Waals surface area contributed by atoms with Gasteiger partial charge in [-0.1, -0.05) is 19.1 Å². The fourth-order valence-corrected chi connectivity index (χ4v) is 2.25. The van der Waals surface area contributed by atoms with Crippen molar-refractivity contribution < 1.29 is 0 Å². The molecule has 0 atom stereocenters. The fourth-order valence-electron chi connectivity index (χ4n) is 1.36. The molecule has 1 aromatic rings. The predicted octanol–water partition coefficient (Wildman–Crippen LogP) is 4.05. The van der Waals surface area contributed by atoms with Crippen LogP contribution in [-0.4, -0.2) is 11.5 Å². The predicted molar refractivity (Wildman–Crippen MR) is 69.6 cm³/mol. The molecule has 1 aromatic carbocycles. The Bertz CT molecular complexity index is 241. The van der Waals surface area contributed by atoms with Gasteiger partial charge < -0.3 is 0 Å². The summed E-state index contributed by atoms with van der Waals surface area (Å²) in [6.07, 6.45) is 3.66. The minimum atomic E-state index is 1.00. The van der Waals surface area contributed by atoms with E-state index < -0.39 is 0 Å². The van der Waals surface area contributed by atoms with Gasteiger partial charge in [-0.3, -0.25) is 0 Å². The first-order valence-electron chi connectivity index (χ1n) is 5.19. The third kappa shape index (κ3) is 4.43. The van der Waals surface area contributed by atoms with Gasteiger partial charge in [0.15, 0.2) is 0 Å². The molecule has 0 amide bonds. The zero-order valence-electron chi connectivity index (χ0n) is 8.70. The quantitative estimate of drug-likeness (QED) is 0.434. The summed E-state index contributed by atoms with van der Waals surface area (Å²) < 4.78 is 0. The molecule has 0 aliphatic rings. The van der Waals surface area contributed by atoms with Gasteiger partial charge in [-0.25, -0.2) is 0 Å². The van der Waals surface area contributed by atoms with Crippen molar-refractivity contribution in [3.8, 4) is 0 Å². The summed E-state index contributed by atoms with van der Waals surface area (Å²) in [5.74, 6) is 2.16. The summed E-state index contributed by atoms with van der Waals surface area (Å²) in [6, 6.07) is 8.95. The van der Waals surface area contributed by atoms with E-state index in [0.29, 0.717) is 0 Å². The second-order valence-corrected chi connectivity index (χ2v) is 5.04. The van der Waals surface area contributed by atoms with E-state index in [9.17, 15) is 0 Å². The molecule has 0 saturated carbocycles. The van der Waals surface area contributed by atoms with Crippen LogP contribution in [0, 0.1) is 0 Å². The molecule has 0 saturated heterocycles. The lowest BCUT2D eigenvalue weighted by atomic mass is 10.1. The van der Waals surface area contributed by atoms with Crippen LogP contribution in [0.4, 0.5) is 0 Å². The zero-order chi connectivity index (χ0) is 10.2. The van der Waals surface area contributed by atoms with Crippen LogP contribution in [0.2, 0.25) is 0 Å². The first-order chi connectivity index (χ1) is 6.86. The van der Waals surface area contributed by atoms with Gasteiger partial charge in [0.25, 0.3) is 0 Å². The van der Waals surface area contributed by atoms with Crippen LogP contribution in [0.15, 0.2) is 29.2 Å². The molecule has 14 heavy (non-hydrogen) atoms. The van der Waals surface area contributed by atoms with Gasteiger partial charge in [0.1, 0.15) is 0 Å². The first-order valence-corrected chi connectivity index (χ1v) is 6.81. The van der Waals surface area contributed by atoms with Gasteiger partial charge in [0, 0.05) is 4.90 Å². The van der Waals surface area contributed by atoms with E-state index in [0.717, 1.165) is 11.5 Å². The van der Waals surface area contributed by atoms with Crippen LogP contribution in [-0.2, 0) is 6.42 Å². The Morgan fingerprint density at radius 1 is 1.14 bits per heavy atom. The van der Waals surface area contributed by atoms with Crippen LogP contribution in [0.5, 0.6) is 0 Å². The second kappa shape index (κ2) is 7.24. The van der Waals surface area contributed by atoms with Crippen molar-refractivity contribution in [2.24, 2.45) is 0 Å². The van der Waals surface area contributed by atoms with E-state index in [4.69, 9.17) is 0 Å². The van der Waals surface area contributed by atoms with Crippen LogP contribution in [0.3, 0.4) is 0 Å². The topological polar surface area (TPSA) is 0 Å². The lowest BCUT2D eigenvalue weighted by Crippen LogP contribution is -1.86. The standard InChI is InChI=1S/C12H18S2/c1-2-14-12-8-6-11(7-9-12)5-3-4-10-13/h6-9,13H,2-5,10H2,1H3. The summed E-state index contributed by atoms with van der Waals surface area (Å²) in [5.41, 5.74) is 1.45. The van der Waals surface area contributed by atoms with Crippen molar-refractivity contribution >= 4 is 24.4 Å². The molecule has 0 fully saturated rings. The number of aryl methyl sites for hydroxylation is 1. The molecule has 0 heterocycles. The molecule has 0 spiro atoms. The van der Waals surface area contributed by atoms with Gasteiger partial charge in [-0.2, -0.15) is 12.6 Å². The van der Waals surface area contributed by atoms with Crippen molar-refractivity contribution in [3.05, 3.63) is 29.8 Å². The van der Waals surface area contributed by atoms with E-state index in [2.05, 4.69) is 43.8 Å². The van der Waals surface area contributed by atoms with E-state index in [1.54, 1.807) is 0 Å². The number of hydrogen-bond donors (Lipinski definition) is 1. The van der Waals surface area contributed by atoms with Gasteiger partial charge in [-0.15, -0.1) is 11.8 Å². The summed E-state index contributed by atoms with van der Waals surface area (Å²) >= 11 is 6.11. The minimum absolute atomic E-state index is 1.00. The molecule has 0 aliphatic heterocycles. The highest BCUT2D eigenvalue weighted by molar-refractivity contribution is 7.99. The number of unbranched alkanes of at least 4 members (excludes halogenated alkanes) is 1. The molecule has 0 radical (unpaired) electrons. The third-order valence-electron chi connectivity index (χ3n) is 2.11. The van der Waals surface area contributed by atoms with Crippen molar-refractivity contribution in [2.45, 2.75) is 31.1 Å². The van der Waals surface area contributed by atoms with E-state index >= 15 is 0 Å². The van der Waals surface area contributed by atoms with Gasteiger partial charge in [-0.05, 0) is 48.5 Å². The largest absolute Gasteiger partial charge is 0.179 e. The molecule has 0 bridgehead atoms. The molecule has 0 aromatic heterocycles. The summed E-state index contributed by atoms with van der Waals surface area (Å²) in [7, 11) is 0. The summed E-state index contributed by atoms with van der Waals surface area (Å²) in [4.78, 5) is 1.38. The van der Waals surface area contributed by atoms with Crippen molar-refractivity contribution in [3.63, 3.8) is 0 Å². The second-order valence-electron chi connectivity index (χ2n) is 3.26. The maximum Gasteiger partial charge on any atom is 0.00720 e. The molecule has 0 unspecified atom stereocenters. The molecule has 2 heteroatoms. The minimum Gasteiger partial charge on any atom is -0.179 e. The number of hydrogen-bond acceptors (Lipinski definition) is 2. The molecular weight excluding hydrogens is 208 g/mol. The van der Waals surface area contributed by atoms with Crippen LogP contribution in [0.25, 0.3) is 0 Å². The number of rotatable bonds is 6. The Balaban J connectivity index is 2.38. The zero-order valence-corrected chi connectivity index (χ0v) is 10.4. The van der Waals surface area contributed by atoms with Gasteiger partial charge in [0.2, 0.25) is 0 Å². The van der Waals surface area contributed by atoms with Crippen molar-refractivity contribution in [1.82, 2.24) is 0 Å². The fraction of sp³-hybridized carbons (Fsp3) is 0.500. The Morgan fingerprint density at radius 3 is 2.43 bits per heavy atom. The van der Waals surface area contributed by atoms with Crippen LogP contribution >= 0.6 is 24.4 Å². The van der Waals surface area contributed by atoms with Crippen molar-refractivity contribution in [2.75, 3.05) is 11.5 Å². The number of thioether (sulfide) groups is 1. The average Bonchev–Trinajstić information content (AvgIpc) is 2.21. The third-order valence-corrected chi connectivity index (χ3v) is 3.32. The summed E-state index contributed by atoms with van der Waals surface area (Å²) in [5, 5.41) is 0. The molecule has 78 valence electrons. The lowest BCUT2D eigenvalue weighted by Gasteiger charge is -2.02. The Morgan fingerprint density at radius 2 is 1.86 bits per heavy atom. The van der Waals surface area contributed by atoms with E-state index in [1.165, 1.54) is 29.7 Å². The Labute approximate surface area is 96.9 Å². The highest BCUT2D eigenvalue weighted by Crippen LogP contribution is 2.18. The average molecular weight is 226 g/mol. The molecule has 1 rings (SSSR count). The monoisotopic (exact) mass is 226 g/mol. The SMILES string of the molecule is CCSc1ccc(CCCCS)cc1. The number of benzene rings is 1. The summed E-state index contributed by atoms with van der Waals surface area (Å²) in [6.45, 7) is 2.19.